The van der Waals surface area contributed by atoms with Gasteiger partial charge in [-0.1, -0.05) is 0 Å². The molecule has 1 N–H and O–H groups in total. The summed E-state index contributed by atoms with van der Waals surface area (Å²) in [6.45, 7) is 8.74. The van der Waals surface area contributed by atoms with E-state index in [0.717, 1.165) is 18.9 Å². The molecule has 0 atom stereocenters. The first-order chi connectivity index (χ1) is 9.17. The molecular weight excluding hydrogens is 242 g/mol. The highest BCUT2D eigenvalue weighted by atomic mass is 16.3. The van der Waals surface area contributed by atoms with Gasteiger partial charge in [-0.05, 0) is 32.9 Å². The van der Waals surface area contributed by atoms with Crippen LogP contribution in [-0.2, 0) is 0 Å². The summed E-state index contributed by atoms with van der Waals surface area (Å²) in [5.41, 5.74) is 0.561. The molecule has 0 aliphatic carbocycles. The first kappa shape index (κ1) is 15.4. The Bertz CT molecular complexity index is 388. The lowest BCUT2D eigenvalue weighted by atomic mass is 10.2. The summed E-state index contributed by atoms with van der Waals surface area (Å²) in [7, 11) is 0. The van der Waals surface area contributed by atoms with E-state index in [1.807, 2.05) is 13.0 Å². The average molecular weight is 265 g/mol. The molecule has 0 radical (unpaired) electrons. The number of carbonyl (C=O) groups is 1. The first-order valence-corrected chi connectivity index (χ1v) is 6.78. The predicted octanol–water partition coefficient (Wildman–Crippen LogP) is 1.38. The molecule has 0 aromatic carbocycles. The second-order valence-electron chi connectivity index (χ2n) is 4.19. The lowest BCUT2D eigenvalue weighted by Crippen LogP contribution is -2.33. The molecule has 0 unspecified atom stereocenters. The number of carbonyl (C=O) groups excluding carboxylic acids is 1. The third-order valence-electron chi connectivity index (χ3n) is 3.12. The number of pyridine rings is 1. The van der Waals surface area contributed by atoms with Gasteiger partial charge in [-0.3, -0.25) is 4.79 Å². The summed E-state index contributed by atoms with van der Waals surface area (Å²) >= 11 is 0. The van der Waals surface area contributed by atoms with E-state index >= 15 is 0 Å². The van der Waals surface area contributed by atoms with Crippen LogP contribution >= 0.6 is 0 Å². The molecule has 1 aromatic heterocycles. The summed E-state index contributed by atoms with van der Waals surface area (Å²) < 4.78 is 0. The van der Waals surface area contributed by atoms with Crippen LogP contribution < -0.4 is 4.90 Å². The lowest BCUT2D eigenvalue weighted by Gasteiger charge is -2.21. The smallest absolute Gasteiger partial charge is 0.255 e. The zero-order valence-corrected chi connectivity index (χ0v) is 12.0. The number of aliphatic hydroxyl groups excluding tert-OH is 1. The minimum atomic E-state index is -0.0878. The molecule has 0 spiro atoms. The van der Waals surface area contributed by atoms with Crippen molar-refractivity contribution >= 4 is 11.7 Å². The lowest BCUT2D eigenvalue weighted by molar-refractivity contribution is 0.0731. The Morgan fingerprint density at radius 2 is 1.89 bits per heavy atom. The number of amides is 1. The van der Waals surface area contributed by atoms with E-state index in [-0.39, 0.29) is 12.5 Å². The van der Waals surface area contributed by atoms with Crippen LogP contribution in [0.5, 0.6) is 0 Å². The zero-order valence-electron chi connectivity index (χ0n) is 12.0. The fraction of sp³-hybridized carbons (Fsp3) is 0.571. The minimum absolute atomic E-state index is 0.0233. The molecule has 0 aliphatic rings. The van der Waals surface area contributed by atoms with Crippen molar-refractivity contribution in [1.29, 1.82) is 0 Å². The van der Waals surface area contributed by atoms with E-state index < -0.39 is 0 Å². The molecule has 1 amide bonds. The van der Waals surface area contributed by atoms with Gasteiger partial charge in [-0.15, -0.1) is 0 Å². The number of aromatic nitrogens is 1. The van der Waals surface area contributed by atoms with Crippen molar-refractivity contribution in [1.82, 2.24) is 9.88 Å². The highest BCUT2D eigenvalue weighted by Crippen LogP contribution is 2.12. The van der Waals surface area contributed by atoms with Crippen LogP contribution in [0, 0.1) is 0 Å². The number of hydrogen-bond donors (Lipinski definition) is 1. The number of anilines is 1. The Morgan fingerprint density at radius 1 is 1.21 bits per heavy atom. The van der Waals surface area contributed by atoms with Gasteiger partial charge in [0, 0.05) is 32.4 Å². The summed E-state index contributed by atoms with van der Waals surface area (Å²) in [6.07, 6.45) is 1.61. The van der Waals surface area contributed by atoms with Crippen LogP contribution in [0.2, 0.25) is 0 Å². The van der Waals surface area contributed by atoms with Crippen molar-refractivity contribution in [2.45, 2.75) is 20.8 Å². The number of aliphatic hydroxyl groups is 1. The summed E-state index contributed by atoms with van der Waals surface area (Å²) in [6, 6.07) is 3.66. The van der Waals surface area contributed by atoms with E-state index in [2.05, 4.69) is 23.7 Å². The highest BCUT2D eigenvalue weighted by molar-refractivity contribution is 5.94. The van der Waals surface area contributed by atoms with Crippen LogP contribution in [0.1, 0.15) is 31.1 Å². The molecule has 1 aromatic rings. The standard InChI is InChI=1S/C14H23N3O2/c1-4-16(5-2)13-8-7-12(11-15-13)14(19)17(6-3)9-10-18/h7-8,11,18H,4-6,9-10H2,1-3H3. The van der Waals surface area contributed by atoms with Crippen LogP contribution in [0.3, 0.4) is 0 Å². The molecule has 0 bridgehead atoms. The maximum Gasteiger partial charge on any atom is 0.255 e. The van der Waals surface area contributed by atoms with Crippen molar-refractivity contribution < 1.29 is 9.90 Å². The SMILES string of the molecule is CCN(CCO)C(=O)c1ccc(N(CC)CC)nc1. The van der Waals surface area contributed by atoms with E-state index in [1.54, 1.807) is 17.2 Å². The van der Waals surface area contributed by atoms with E-state index in [9.17, 15) is 4.79 Å². The van der Waals surface area contributed by atoms with Gasteiger partial charge in [0.15, 0.2) is 0 Å². The van der Waals surface area contributed by atoms with E-state index in [0.29, 0.717) is 18.7 Å². The molecule has 5 heteroatoms. The van der Waals surface area contributed by atoms with Gasteiger partial charge in [0.25, 0.3) is 5.91 Å². The van der Waals surface area contributed by atoms with Crippen molar-refractivity contribution in [3.8, 4) is 0 Å². The van der Waals surface area contributed by atoms with E-state index in [1.165, 1.54) is 0 Å². The minimum Gasteiger partial charge on any atom is -0.395 e. The largest absolute Gasteiger partial charge is 0.395 e. The molecule has 0 aliphatic heterocycles. The van der Waals surface area contributed by atoms with Crippen LogP contribution in [0.25, 0.3) is 0 Å². The van der Waals surface area contributed by atoms with Crippen molar-refractivity contribution in [2.75, 3.05) is 37.7 Å². The number of nitrogens with zero attached hydrogens (tertiary/aromatic N) is 3. The molecule has 0 saturated heterocycles. The van der Waals surface area contributed by atoms with Gasteiger partial charge in [0.1, 0.15) is 5.82 Å². The van der Waals surface area contributed by atoms with Crippen molar-refractivity contribution in [3.63, 3.8) is 0 Å². The number of likely N-dealkylation sites (N-methyl/N-ethyl adjacent to an activating group) is 1. The van der Waals surface area contributed by atoms with Crippen LogP contribution in [0.4, 0.5) is 5.82 Å². The predicted molar refractivity (Wildman–Crippen MR) is 76.5 cm³/mol. The Labute approximate surface area is 114 Å². The first-order valence-electron chi connectivity index (χ1n) is 6.78. The highest BCUT2D eigenvalue weighted by Gasteiger charge is 2.14. The van der Waals surface area contributed by atoms with Crippen LogP contribution in [-0.4, -0.2) is 53.7 Å². The second kappa shape index (κ2) is 7.74. The van der Waals surface area contributed by atoms with E-state index in [4.69, 9.17) is 5.11 Å². The fourth-order valence-corrected chi connectivity index (χ4v) is 1.95. The monoisotopic (exact) mass is 265 g/mol. The van der Waals surface area contributed by atoms with Gasteiger partial charge < -0.3 is 14.9 Å². The average Bonchev–Trinajstić information content (AvgIpc) is 2.46. The molecular formula is C14H23N3O2. The zero-order chi connectivity index (χ0) is 14.3. The van der Waals surface area contributed by atoms with Gasteiger partial charge in [0.05, 0.1) is 12.2 Å². The number of hydrogen-bond acceptors (Lipinski definition) is 4. The molecule has 5 nitrogen and oxygen atoms in total. The molecule has 0 saturated carbocycles. The molecule has 106 valence electrons. The third kappa shape index (κ3) is 3.92. The maximum atomic E-state index is 12.1. The molecule has 19 heavy (non-hydrogen) atoms. The van der Waals surface area contributed by atoms with Gasteiger partial charge in [-0.2, -0.15) is 0 Å². The molecule has 1 heterocycles. The normalized spacial score (nSPS) is 10.3. The van der Waals surface area contributed by atoms with Gasteiger partial charge in [0.2, 0.25) is 0 Å². The quantitative estimate of drug-likeness (QED) is 0.809. The molecule has 0 fully saturated rings. The Kier molecular flexibility index (Phi) is 6.29. The van der Waals surface area contributed by atoms with Gasteiger partial charge in [-0.25, -0.2) is 4.98 Å². The summed E-state index contributed by atoms with van der Waals surface area (Å²) in [4.78, 5) is 20.2. The second-order valence-corrected chi connectivity index (χ2v) is 4.19. The Hall–Kier alpha value is -1.62. The summed E-state index contributed by atoms with van der Waals surface area (Å²) in [5, 5.41) is 8.93. The van der Waals surface area contributed by atoms with Crippen molar-refractivity contribution in [3.05, 3.63) is 23.9 Å². The third-order valence-corrected chi connectivity index (χ3v) is 3.12. The summed E-state index contributed by atoms with van der Waals surface area (Å²) in [5.74, 6) is 0.793. The van der Waals surface area contributed by atoms with Crippen LogP contribution in [0.15, 0.2) is 18.3 Å². The fourth-order valence-electron chi connectivity index (χ4n) is 1.95. The number of rotatable bonds is 7. The Balaban J connectivity index is 2.83. The maximum absolute atomic E-state index is 12.1. The van der Waals surface area contributed by atoms with Gasteiger partial charge >= 0.3 is 0 Å². The molecule has 1 rings (SSSR count). The topological polar surface area (TPSA) is 56.7 Å². The van der Waals surface area contributed by atoms with Crippen molar-refractivity contribution in [2.24, 2.45) is 0 Å². The Morgan fingerprint density at radius 3 is 2.32 bits per heavy atom.